The molecule has 0 heterocycles. The predicted octanol–water partition coefficient (Wildman–Crippen LogP) is 7.35. The van der Waals surface area contributed by atoms with Crippen LogP contribution in [-0.4, -0.2) is 26.3 Å². The summed E-state index contributed by atoms with van der Waals surface area (Å²) in [6, 6.07) is 16.8. The third-order valence-electron chi connectivity index (χ3n) is 7.91. The maximum atomic E-state index is 13.3. The Morgan fingerprint density at radius 1 is 0.842 bits per heavy atom. The maximum Gasteiger partial charge on any atom is 0.416 e. The first-order chi connectivity index (χ1) is 17.7. The lowest BCUT2D eigenvalue weighted by atomic mass is 9.54. The van der Waals surface area contributed by atoms with Gasteiger partial charge in [0.1, 0.15) is 0 Å². The fourth-order valence-corrected chi connectivity index (χ4v) is 7.41. The lowest BCUT2D eigenvalue weighted by Crippen LogP contribution is -2.40. The molecule has 0 radical (unpaired) electrons. The molecule has 3 aromatic rings. The number of hydrogen-bond donors (Lipinski definition) is 0. The van der Waals surface area contributed by atoms with Crippen molar-refractivity contribution in [2.75, 3.05) is 13.6 Å². The summed E-state index contributed by atoms with van der Waals surface area (Å²) in [5.74, 6) is 0.302. The first-order valence-corrected chi connectivity index (χ1v) is 13.6. The first-order valence-electron chi connectivity index (χ1n) is 12.2. The quantitative estimate of drug-likeness (QED) is 0.300. The van der Waals surface area contributed by atoms with E-state index in [-0.39, 0.29) is 30.2 Å². The second-order valence-electron chi connectivity index (χ2n) is 10.0. The first kappa shape index (κ1) is 26.7. The van der Waals surface area contributed by atoms with Crippen LogP contribution in [0.25, 0.3) is 0 Å². The number of benzene rings is 3. The average Bonchev–Trinajstić information content (AvgIpc) is 2.88. The molecule has 0 saturated carbocycles. The molecule has 0 saturated heterocycles. The van der Waals surface area contributed by atoms with Crippen molar-refractivity contribution in [1.82, 2.24) is 4.31 Å². The number of hydrogen-bond acceptors (Lipinski definition) is 2. The van der Waals surface area contributed by atoms with Gasteiger partial charge in [-0.25, -0.2) is 12.7 Å². The van der Waals surface area contributed by atoms with E-state index in [0.29, 0.717) is 18.8 Å². The molecule has 38 heavy (non-hydrogen) atoms. The van der Waals surface area contributed by atoms with Crippen LogP contribution in [0.2, 0.25) is 0 Å². The molecular formula is C28H25F6NO2S. The Labute approximate surface area is 217 Å². The van der Waals surface area contributed by atoms with E-state index >= 15 is 0 Å². The van der Waals surface area contributed by atoms with E-state index in [2.05, 4.69) is 24.3 Å². The van der Waals surface area contributed by atoms with Crippen molar-refractivity contribution in [2.24, 2.45) is 0 Å². The van der Waals surface area contributed by atoms with Gasteiger partial charge in [-0.15, -0.1) is 0 Å². The summed E-state index contributed by atoms with van der Waals surface area (Å²) < 4.78 is 107. The minimum atomic E-state index is -5.14. The fraction of sp³-hybridized carbons (Fsp3) is 0.357. The highest BCUT2D eigenvalue weighted by atomic mass is 32.2. The van der Waals surface area contributed by atoms with Crippen LogP contribution in [0.5, 0.6) is 0 Å². The third-order valence-corrected chi connectivity index (χ3v) is 9.74. The van der Waals surface area contributed by atoms with Crippen LogP contribution in [0.1, 0.15) is 65.0 Å². The molecule has 0 N–H and O–H groups in total. The van der Waals surface area contributed by atoms with Crippen molar-refractivity contribution < 1.29 is 34.8 Å². The second-order valence-corrected chi connectivity index (χ2v) is 12.1. The summed E-state index contributed by atoms with van der Waals surface area (Å²) in [6.45, 7) is -0.0601. The van der Waals surface area contributed by atoms with Crippen molar-refractivity contribution in [2.45, 2.75) is 54.3 Å². The van der Waals surface area contributed by atoms with Gasteiger partial charge in [0.2, 0.25) is 10.0 Å². The van der Waals surface area contributed by atoms with E-state index in [1.165, 1.54) is 29.3 Å². The lowest BCUT2D eigenvalue weighted by Gasteiger charge is -2.50. The van der Waals surface area contributed by atoms with Gasteiger partial charge in [-0.3, -0.25) is 0 Å². The van der Waals surface area contributed by atoms with E-state index in [1.54, 1.807) is 0 Å². The Bertz CT molecular complexity index is 1400. The highest BCUT2D eigenvalue weighted by Gasteiger charge is 2.47. The monoisotopic (exact) mass is 553 g/mol. The minimum Gasteiger partial charge on any atom is -0.207 e. The van der Waals surface area contributed by atoms with Crippen LogP contribution >= 0.6 is 0 Å². The summed E-state index contributed by atoms with van der Waals surface area (Å²) in [5, 5.41) is 0. The van der Waals surface area contributed by atoms with E-state index in [1.807, 2.05) is 24.3 Å². The summed E-state index contributed by atoms with van der Waals surface area (Å²) in [6.07, 6.45) is -7.48. The molecule has 202 valence electrons. The van der Waals surface area contributed by atoms with Gasteiger partial charge >= 0.3 is 12.4 Å². The molecule has 3 aliphatic carbocycles. The van der Waals surface area contributed by atoms with Gasteiger partial charge in [-0.2, -0.15) is 26.3 Å². The second kappa shape index (κ2) is 9.12. The van der Waals surface area contributed by atoms with Crippen molar-refractivity contribution >= 4 is 10.0 Å². The molecule has 0 fully saturated rings. The normalized spacial score (nSPS) is 20.9. The number of nitrogens with zero attached hydrogens (tertiary/aromatic N) is 1. The molecule has 0 unspecified atom stereocenters. The number of alkyl halides is 6. The summed E-state index contributed by atoms with van der Waals surface area (Å²) in [5.41, 5.74) is 1.26. The molecule has 0 aliphatic heterocycles. The van der Waals surface area contributed by atoms with Gasteiger partial charge in [0, 0.05) is 24.9 Å². The highest BCUT2D eigenvalue weighted by molar-refractivity contribution is 7.89. The van der Waals surface area contributed by atoms with Crippen molar-refractivity contribution in [1.29, 1.82) is 0 Å². The zero-order valence-electron chi connectivity index (χ0n) is 20.4. The van der Waals surface area contributed by atoms with E-state index in [4.69, 9.17) is 0 Å². The summed E-state index contributed by atoms with van der Waals surface area (Å²) in [4.78, 5) is -1.03. The van der Waals surface area contributed by atoms with Crippen molar-refractivity contribution in [3.63, 3.8) is 0 Å². The van der Waals surface area contributed by atoms with Gasteiger partial charge < -0.3 is 0 Å². The molecule has 2 bridgehead atoms. The lowest BCUT2D eigenvalue weighted by molar-refractivity contribution is -0.143. The number of rotatable bonds is 6. The Morgan fingerprint density at radius 3 is 1.84 bits per heavy atom. The van der Waals surface area contributed by atoms with Crippen LogP contribution < -0.4 is 0 Å². The van der Waals surface area contributed by atoms with E-state index < -0.39 is 38.4 Å². The van der Waals surface area contributed by atoms with Gasteiger partial charge in [-0.05, 0) is 66.1 Å². The van der Waals surface area contributed by atoms with Gasteiger partial charge in [-0.1, -0.05) is 48.5 Å². The van der Waals surface area contributed by atoms with E-state index in [0.717, 1.165) is 17.1 Å². The molecule has 0 atom stereocenters. The molecule has 6 rings (SSSR count). The molecule has 0 amide bonds. The Kier molecular flexibility index (Phi) is 6.42. The highest BCUT2D eigenvalue weighted by Crippen LogP contribution is 2.58. The zero-order valence-corrected chi connectivity index (χ0v) is 21.2. The van der Waals surface area contributed by atoms with Crippen LogP contribution in [-0.2, 0) is 27.8 Å². The van der Waals surface area contributed by atoms with Crippen LogP contribution in [0.3, 0.4) is 0 Å². The van der Waals surface area contributed by atoms with Gasteiger partial charge in [0.05, 0.1) is 16.0 Å². The smallest absolute Gasteiger partial charge is 0.207 e. The fourth-order valence-electron chi connectivity index (χ4n) is 6.13. The Hall–Kier alpha value is -2.85. The predicted molar refractivity (Wildman–Crippen MR) is 130 cm³/mol. The molecule has 3 nitrogen and oxygen atoms in total. The topological polar surface area (TPSA) is 37.4 Å². The minimum absolute atomic E-state index is 0.0601. The number of sulfonamides is 1. The molecule has 3 aromatic carbocycles. The van der Waals surface area contributed by atoms with Gasteiger partial charge in [0.15, 0.2) is 0 Å². The van der Waals surface area contributed by atoms with Gasteiger partial charge in [0.25, 0.3) is 0 Å². The number of halogens is 6. The number of fused-ring (bicyclic) bond motifs is 1. The molecular weight excluding hydrogens is 528 g/mol. The Balaban J connectivity index is 1.42. The third kappa shape index (κ3) is 4.41. The maximum absolute atomic E-state index is 13.3. The SMILES string of the molecule is CN(CCCC12CCC(c3ccccc31)c1ccccc12)S(=O)(=O)c1cc(C(F)(F)F)cc(C(F)(F)F)c1. The van der Waals surface area contributed by atoms with Crippen LogP contribution in [0.4, 0.5) is 26.3 Å². The van der Waals surface area contributed by atoms with Crippen molar-refractivity contribution in [3.8, 4) is 0 Å². The van der Waals surface area contributed by atoms with Crippen molar-refractivity contribution in [3.05, 3.63) is 100 Å². The molecule has 3 aliphatic rings. The van der Waals surface area contributed by atoms with Crippen LogP contribution in [0.15, 0.2) is 71.6 Å². The Morgan fingerprint density at radius 2 is 1.34 bits per heavy atom. The molecule has 0 spiro atoms. The molecule has 0 aromatic heterocycles. The average molecular weight is 554 g/mol. The largest absolute Gasteiger partial charge is 0.416 e. The summed E-state index contributed by atoms with van der Waals surface area (Å²) in [7, 11) is -3.43. The van der Waals surface area contributed by atoms with E-state index in [9.17, 15) is 34.8 Å². The standard InChI is InChI=1S/C28H25F6NO2S/c1-35(38(36,37)20-16-18(27(29,30)31)15-19(17-20)28(32,33)34)14-6-12-26-13-11-21(22-7-2-4-9-24(22)26)23-8-3-5-10-25(23)26/h2-5,7-10,15-17,21H,6,11-14H2,1H3. The zero-order chi connectivity index (χ0) is 27.5. The van der Waals surface area contributed by atoms with Crippen LogP contribution in [0, 0.1) is 0 Å². The summed E-state index contributed by atoms with van der Waals surface area (Å²) >= 11 is 0. The molecule has 10 heteroatoms.